The van der Waals surface area contributed by atoms with Crippen molar-refractivity contribution >= 4 is 11.3 Å². The molecular weight excluding hydrogens is 256 g/mol. The van der Waals surface area contributed by atoms with Gasteiger partial charge < -0.3 is 5.11 Å². The highest BCUT2D eigenvalue weighted by Gasteiger charge is 2.32. The SMILES string of the molecule is CN(Cc1csc(C(C)(C)C)n1)CC1(O)CCCC1. The summed E-state index contributed by atoms with van der Waals surface area (Å²) in [6, 6.07) is 0. The van der Waals surface area contributed by atoms with Crippen molar-refractivity contribution in [1.82, 2.24) is 9.88 Å². The summed E-state index contributed by atoms with van der Waals surface area (Å²) < 4.78 is 0. The Morgan fingerprint density at radius 1 is 1.37 bits per heavy atom. The van der Waals surface area contributed by atoms with Gasteiger partial charge in [-0.25, -0.2) is 4.98 Å². The molecule has 0 amide bonds. The molecule has 0 saturated heterocycles. The van der Waals surface area contributed by atoms with E-state index in [1.54, 1.807) is 11.3 Å². The summed E-state index contributed by atoms with van der Waals surface area (Å²) in [4.78, 5) is 6.92. The highest BCUT2D eigenvalue weighted by Crippen LogP contribution is 2.30. The Balaban J connectivity index is 1.92. The van der Waals surface area contributed by atoms with Crippen molar-refractivity contribution in [3.8, 4) is 0 Å². The lowest BCUT2D eigenvalue weighted by Gasteiger charge is -2.28. The molecule has 1 heterocycles. The molecule has 0 bridgehead atoms. The Morgan fingerprint density at radius 3 is 2.53 bits per heavy atom. The van der Waals surface area contributed by atoms with Crippen LogP contribution in [0.5, 0.6) is 0 Å². The Labute approximate surface area is 120 Å². The topological polar surface area (TPSA) is 36.4 Å². The molecule has 1 aromatic rings. The van der Waals surface area contributed by atoms with E-state index in [4.69, 9.17) is 4.98 Å². The van der Waals surface area contributed by atoms with Crippen LogP contribution in [0.3, 0.4) is 0 Å². The maximum absolute atomic E-state index is 10.4. The molecule has 0 atom stereocenters. The number of thiazole rings is 1. The first-order valence-corrected chi connectivity index (χ1v) is 8.02. The predicted molar refractivity (Wildman–Crippen MR) is 80.6 cm³/mol. The molecule has 19 heavy (non-hydrogen) atoms. The lowest BCUT2D eigenvalue weighted by molar-refractivity contribution is 0.0143. The van der Waals surface area contributed by atoms with Crippen LogP contribution in [0, 0.1) is 0 Å². The first kappa shape index (κ1) is 14.9. The van der Waals surface area contributed by atoms with Crippen molar-refractivity contribution in [3.05, 3.63) is 16.1 Å². The maximum atomic E-state index is 10.4. The number of rotatable bonds is 4. The van der Waals surface area contributed by atoms with Crippen molar-refractivity contribution in [1.29, 1.82) is 0 Å². The van der Waals surface area contributed by atoms with Crippen molar-refractivity contribution in [3.63, 3.8) is 0 Å². The van der Waals surface area contributed by atoms with Crippen molar-refractivity contribution in [2.75, 3.05) is 13.6 Å². The number of hydrogen-bond acceptors (Lipinski definition) is 4. The molecule has 108 valence electrons. The van der Waals surface area contributed by atoms with E-state index >= 15 is 0 Å². The normalized spacial score (nSPS) is 19.3. The van der Waals surface area contributed by atoms with Crippen LogP contribution in [0.1, 0.15) is 57.2 Å². The second kappa shape index (κ2) is 5.51. The Bertz CT molecular complexity index is 416. The van der Waals surface area contributed by atoms with Crippen LogP contribution in [0.2, 0.25) is 0 Å². The van der Waals surface area contributed by atoms with Gasteiger partial charge in [0.2, 0.25) is 0 Å². The number of aromatic nitrogens is 1. The lowest BCUT2D eigenvalue weighted by atomic mass is 9.98. The van der Waals surface area contributed by atoms with Gasteiger partial charge in [0.25, 0.3) is 0 Å². The molecule has 0 radical (unpaired) electrons. The molecule has 2 rings (SSSR count). The van der Waals surface area contributed by atoms with E-state index in [1.165, 1.54) is 5.01 Å². The standard InChI is InChI=1S/C15H26N2OS/c1-14(2,3)13-16-12(10-19-13)9-17(4)11-15(18)7-5-6-8-15/h10,18H,5-9,11H2,1-4H3. The quantitative estimate of drug-likeness (QED) is 0.921. The first-order valence-electron chi connectivity index (χ1n) is 7.14. The van der Waals surface area contributed by atoms with Crippen LogP contribution in [-0.2, 0) is 12.0 Å². The lowest BCUT2D eigenvalue weighted by Crippen LogP contribution is -2.38. The summed E-state index contributed by atoms with van der Waals surface area (Å²) in [5.74, 6) is 0. The molecule has 1 aliphatic rings. The predicted octanol–water partition coefficient (Wildman–Crippen LogP) is 3.18. The van der Waals surface area contributed by atoms with Crippen LogP contribution >= 0.6 is 11.3 Å². The molecule has 0 spiro atoms. The monoisotopic (exact) mass is 282 g/mol. The van der Waals surface area contributed by atoms with Gasteiger partial charge in [-0.1, -0.05) is 33.6 Å². The van der Waals surface area contributed by atoms with Crippen LogP contribution in [-0.4, -0.2) is 34.2 Å². The molecular formula is C15H26N2OS. The second-order valence-electron chi connectivity index (χ2n) is 7.00. The minimum atomic E-state index is -0.461. The third kappa shape index (κ3) is 4.01. The summed E-state index contributed by atoms with van der Waals surface area (Å²) in [5, 5.41) is 13.8. The average Bonchev–Trinajstić information content (AvgIpc) is 2.86. The van der Waals surface area contributed by atoms with E-state index in [9.17, 15) is 5.11 Å². The Kier molecular flexibility index (Phi) is 4.33. The van der Waals surface area contributed by atoms with Gasteiger partial charge in [-0.15, -0.1) is 11.3 Å². The summed E-state index contributed by atoms with van der Waals surface area (Å²) >= 11 is 1.74. The molecule has 1 saturated carbocycles. The molecule has 1 aliphatic carbocycles. The van der Waals surface area contributed by atoms with Crippen LogP contribution in [0.15, 0.2) is 5.38 Å². The summed E-state index contributed by atoms with van der Waals surface area (Å²) in [6.45, 7) is 8.17. The van der Waals surface area contributed by atoms with Gasteiger partial charge in [0.05, 0.1) is 16.3 Å². The van der Waals surface area contributed by atoms with E-state index in [0.29, 0.717) is 0 Å². The minimum Gasteiger partial charge on any atom is -0.389 e. The Morgan fingerprint density at radius 2 is 2.00 bits per heavy atom. The highest BCUT2D eigenvalue weighted by atomic mass is 32.1. The minimum absolute atomic E-state index is 0.130. The highest BCUT2D eigenvalue weighted by molar-refractivity contribution is 7.09. The van der Waals surface area contributed by atoms with E-state index in [0.717, 1.165) is 44.5 Å². The molecule has 1 aromatic heterocycles. The van der Waals surface area contributed by atoms with Gasteiger partial charge >= 0.3 is 0 Å². The zero-order chi connectivity index (χ0) is 14.1. The van der Waals surface area contributed by atoms with E-state index in [1.807, 2.05) is 0 Å². The van der Waals surface area contributed by atoms with Crippen molar-refractivity contribution in [2.45, 2.75) is 64.0 Å². The van der Waals surface area contributed by atoms with Crippen LogP contribution in [0.25, 0.3) is 0 Å². The molecule has 0 aromatic carbocycles. The van der Waals surface area contributed by atoms with Crippen molar-refractivity contribution < 1.29 is 5.11 Å². The van der Waals surface area contributed by atoms with Gasteiger partial charge in [-0.3, -0.25) is 4.90 Å². The van der Waals surface area contributed by atoms with Gasteiger partial charge in [-0.05, 0) is 19.9 Å². The molecule has 4 heteroatoms. The third-order valence-electron chi connectivity index (χ3n) is 3.72. The third-order valence-corrected chi connectivity index (χ3v) is 5.04. The first-order chi connectivity index (χ1) is 8.78. The van der Waals surface area contributed by atoms with E-state index in [-0.39, 0.29) is 5.41 Å². The maximum Gasteiger partial charge on any atom is 0.0982 e. The molecule has 3 nitrogen and oxygen atoms in total. The summed E-state index contributed by atoms with van der Waals surface area (Å²) in [7, 11) is 2.08. The second-order valence-corrected chi connectivity index (χ2v) is 7.86. The number of aliphatic hydroxyl groups is 1. The van der Waals surface area contributed by atoms with Gasteiger partial charge in [0, 0.05) is 23.9 Å². The molecule has 1 N–H and O–H groups in total. The van der Waals surface area contributed by atoms with Crippen LogP contribution in [0.4, 0.5) is 0 Å². The fourth-order valence-electron chi connectivity index (χ4n) is 2.75. The fourth-order valence-corrected chi connectivity index (χ4v) is 3.65. The molecule has 0 aliphatic heterocycles. The Hall–Kier alpha value is -0.450. The summed E-state index contributed by atoms with van der Waals surface area (Å²) in [5.41, 5.74) is 0.794. The number of hydrogen-bond donors (Lipinski definition) is 1. The van der Waals surface area contributed by atoms with Gasteiger partial charge in [0.1, 0.15) is 0 Å². The van der Waals surface area contributed by atoms with Crippen LogP contribution < -0.4 is 0 Å². The average molecular weight is 282 g/mol. The van der Waals surface area contributed by atoms with E-state index < -0.39 is 5.60 Å². The largest absolute Gasteiger partial charge is 0.389 e. The smallest absolute Gasteiger partial charge is 0.0982 e. The van der Waals surface area contributed by atoms with Gasteiger partial charge in [0.15, 0.2) is 0 Å². The zero-order valence-electron chi connectivity index (χ0n) is 12.6. The van der Waals surface area contributed by atoms with E-state index in [2.05, 4.69) is 38.1 Å². The zero-order valence-corrected chi connectivity index (χ0v) is 13.4. The van der Waals surface area contributed by atoms with Crippen molar-refractivity contribution in [2.24, 2.45) is 0 Å². The molecule has 1 fully saturated rings. The number of likely N-dealkylation sites (N-methyl/N-ethyl adjacent to an activating group) is 1. The van der Waals surface area contributed by atoms with Gasteiger partial charge in [-0.2, -0.15) is 0 Å². The fraction of sp³-hybridized carbons (Fsp3) is 0.800. The molecule has 0 unspecified atom stereocenters. The summed E-state index contributed by atoms with van der Waals surface area (Å²) in [6.07, 6.45) is 4.22. The number of nitrogens with zero attached hydrogens (tertiary/aromatic N) is 2.